The highest BCUT2D eigenvalue weighted by Gasteiger charge is 2.19. The average molecular weight is 681 g/mol. The number of amidine groups is 1. The Morgan fingerprint density at radius 1 is 0.472 bits per heavy atom. The third-order valence-corrected chi connectivity index (χ3v) is 10.2. The van der Waals surface area contributed by atoms with Crippen molar-refractivity contribution in [3.8, 4) is 11.1 Å². The molecule has 0 aliphatic rings. The Kier molecular flexibility index (Phi) is 7.15. The number of rotatable bonds is 5. The summed E-state index contributed by atoms with van der Waals surface area (Å²) in [6, 6.07) is 56.4. The fraction of sp³-hybridized carbons (Fsp3) is 0.0204. The third-order valence-electron chi connectivity index (χ3n) is 10.2. The van der Waals surface area contributed by atoms with E-state index in [1.54, 1.807) is 0 Å². The van der Waals surface area contributed by atoms with Gasteiger partial charge in [-0.3, -0.25) is 0 Å². The number of benzene rings is 8. The monoisotopic (exact) mass is 680 g/mol. The molecule has 2 aromatic heterocycles. The van der Waals surface area contributed by atoms with Gasteiger partial charge in [0.05, 0.1) is 5.70 Å². The first-order valence-electron chi connectivity index (χ1n) is 17.8. The highest BCUT2D eigenvalue weighted by Crippen LogP contribution is 2.40. The quantitative estimate of drug-likeness (QED) is 0.103. The van der Waals surface area contributed by atoms with E-state index in [4.69, 9.17) is 18.8 Å². The van der Waals surface area contributed by atoms with Gasteiger partial charge in [-0.25, -0.2) is 9.98 Å². The van der Waals surface area contributed by atoms with Gasteiger partial charge in [0, 0.05) is 38.4 Å². The summed E-state index contributed by atoms with van der Waals surface area (Å²) in [7, 11) is 0. The number of hydrogen-bond donors (Lipinski definition) is 0. The van der Waals surface area contributed by atoms with Crippen LogP contribution in [0.25, 0.3) is 82.2 Å². The first-order valence-corrected chi connectivity index (χ1v) is 17.8. The molecule has 53 heavy (non-hydrogen) atoms. The van der Waals surface area contributed by atoms with E-state index in [9.17, 15) is 0 Å². The summed E-state index contributed by atoms with van der Waals surface area (Å²) in [6.07, 6.45) is 0. The summed E-state index contributed by atoms with van der Waals surface area (Å²) in [6.45, 7) is 6.40. The topological polar surface area (TPSA) is 51.0 Å². The van der Waals surface area contributed by atoms with E-state index in [0.717, 1.165) is 82.8 Å². The average Bonchev–Trinajstić information content (AvgIpc) is 3.79. The molecule has 0 saturated carbocycles. The van der Waals surface area contributed by atoms with Gasteiger partial charge in [0.2, 0.25) is 0 Å². The largest absolute Gasteiger partial charge is 0.456 e. The first-order chi connectivity index (χ1) is 26.1. The highest BCUT2D eigenvalue weighted by atomic mass is 16.3. The minimum atomic E-state index is 0.590. The molecule has 0 N–H and O–H groups in total. The van der Waals surface area contributed by atoms with Crippen LogP contribution in [0.15, 0.2) is 189 Å². The summed E-state index contributed by atoms with van der Waals surface area (Å²) < 4.78 is 12.8. The van der Waals surface area contributed by atoms with Crippen molar-refractivity contribution in [2.75, 3.05) is 0 Å². The minimum Gasteiger partial charge on any atom is -0.456 e. The van der Waals surface area contributed by atoms with Crippen molar-refractivity contribution >= 4 is 82.7 Å². The van der Waals surface area contributed by atoms with Gasteiger partial charge in [-0.05, 0) is 81.6 Å². The molecule has 0 aliphatic carbocycles. The number of para-hydroxylation sites is 1. The van der Waals surface area contributed by atoms with Crippen molar-refractivity contribution in [2.24, 2.45) is 9.98 Å². The fourth-order valence-electron chi connectivity index (χ4n) is 7.65. The zero-order valence-corrected chi connectivity index (χ0v) is 29.0. The van der Waals surface area contributed by atoms with Crippen LogP contribution in [0.5, 0.6) is 0 Å². The molecule has 0 aliphatic heterocycles. The molecular weight excluding hydrogens is 649 g/mol. The predicted octanol–water partition coefficient (Wildman–Crippen LogP) is 13.4. The van der Waals surface area contributed by atoms with E-state index in [1.807, 2.05) is 79.7 Å². The Balaban J connectivity index is 1.15. The van der Waals surface area contributed by atoms with Gasteiger partial charge in [0.15, 0.2) is 5.84 Å². The maximum Gasteiger partial charge on any atom is 0.160 e. The molecule has 4 nitrogen and oxygen atoms in total. The van der Waals surface area contributed by atoms with Gasteiger partial charge in [0.1, 0.15) is 22.3 Å². The number of furan rings is 2. The molecule has 0 fully saturated rings. The van der Waals surface area contributed by atoms with Crippen molar-refractivity contribution in [1.82, 2.24) is 0 Å². The van der Waals surface area contributed by atoms with Crippen molar-refractivity contribution in [2.45, 2.75) is 6.92 Å². The lowest BCUT2D eigenvalue weighted by Crippen LogP contribution is -2.05. The van der Waals surface area contributed by atoms with Gasteiger partial charge in [-0.1, -0.05) is 134 Å². The molecular formula is C49H32N2O2. The molecule has 0 saturated heterocycles. The van der Waals surface area contributed by atoms with Crippen LogP contribution in [-0.4, -0.2) is 11.5 Å². The molecule has 0 spiro atoms. The maximum atomic E-state index is 6.51. The lowest BCUT2D eigenvalue weighted by atomic mass is 9.95. The number of aliphatic imine (C=N–C) groups is 2. The molecule has 0 unspecified atom stereocenters. The second kappa shape index (κ2) is 12.3. The second-order valence-electron chi connectivity index (χ2n) is 13.4. The van der Waals surface area contributed by atoms with Crippen LogP contribution in [0.1, 0.15) is 23.6 Å². The van der Waals surface area contributed by atoms with Crippen LogP contribution < -0.4 is 0 Å². The SMILES string of the molecule is C=C(N=C(N=C(C)c1cccc2oc3cccc(-c4ccc5c(c4)oc4ccccc45)c3c12)c1ccc2c(ccc3ccccc32)c1)c1ccccc1. The van der Waals surface area contributed by atoms with Gasteiger partial charge in [0.25, 0.3) is 0 Å². The first kappa shape index (κ1) is 30.8. The number of nitrogens with zero attached hydrogens (tertiary/aromatic N) is 2. The predicted molar refractivity (Wildman–Crippen MR) is 222 cm³/mol. The fourth-order valence-corrected chi connectivity index (χ4v) is 7.65. The van der Waals surface area contributed by atoms with Crippen LogP contribution in [0.2, 0.25) is 0 Å². The zero-order chi connectivity index (χ0) is 35.5. The minimum absolute atomic E-state index is 0.590. The van der Waals surface area contributed by atoms with Gasteiger partial charge >= 0.3 is 0 Å². The van der Waals surface area contributed by atoms with Crippen molar-refractivity contribution < 1.29 is 8.83 Å². The molecule has 10 aromatic rings. The van der Waals surface area contributed by atoms with Crippen molar-refractivity contribution in [3.05, 3.63) is 187 Å². The molecule has 2 heterocycles. The normalized spacial score (nSPS) is 12.5. The smallest absolute Gasteiger partial charge is 0.160 e. The molecule has 250 valence electrons. The second-order valence-corrected chi connectivity index (χ2v) is 13.4. The molecule has 10 rings (SSSR count). The molecule has 0 atom stereocenters. The molecule has 8 aromatic carbocycles. The maximum absolute atomic E-state index is 6.51. The summed E-state index contributed by atoms with van der Waals surface area (Å²) in [5.41, 5.74) is 9.77. The van der Waals surface area contributed by atoms with Gasteiger partial charge in [-0.15, -0.1) is 0 Å². The number of hydrogen-bond acceptors (Lipinski definition) is 3. The highest BCUT2D eigenvalue weighted by molar-refractivity contribution is 6.24. The van der Waals surface area contributed by atoms with Crippen molar-refractivity contribution in [1.29, 1.82) is 0 Å². The third kappa shape index (κ3) is 5.23. The van der Waals surface area contributed by atoms with E-state index < -0.39 is 0 Å². The Labute approximate surface area is 305 Å². The van der Waals surface area contributed by atoms with E-state index in [1.165, 1.54) is 16.2 Å². The van der Waals surface area contributed by atoms with E-state index in [0.29, 0.717) is 11.5 Å². The van der Waals surface area contributed by atoms with E-state index in [-0.39, 0.29) is 0 Å². The van der Waals surface area contributed by atoms with Gasteiger partial charge in [-0.2, -0.15) is 0 Å². The van der Waals surface area contributed by atoms with E-state index >= 15 is 0 Å². The van der Waals surface area contributed by atoms with Crippen LogP contribution >= 0.6 is 0 Å². The summed E-state index contributed by atoms with van der Waals surface area (Å²) in [4.78, 5) is 10.4. The van der Waals surface area contributed by atoms with E-state index in [2.05, 4.69) is 97.6 Å². The Bertz CT molecular complexity index is 3140. The summed E-state index contributed by atoms with van der Waals surface area (Å²) in [5, 5.41) is 9.01. The summed E-state index contributed by atoms with van der Waals surface area (Å²) >= 11 is 0. The molecule has 0 bridgehead atoms. The standard InChI is InChI=1S/C49H32N2O2/c1-30(32-12-4-3-5-13-32)50-49(36-25-26-39-34(28-36)23-22-33-14-6-7-15-38(33)39)51-31(2)37-17-10-20-44-47(37)48-40(18-11-21-45(48)53-44)35-24-27-42-41-16-8-9-19-43(41)52-46(42)29-35/h3-29H,1H2,2H3. The van der Waals surface area contributed by atoms with Crippen LogP contribution in [0.4, 0.5) is 0 Å². The van der Waals surface area contributed by atoms with Gasteiger partial charge < -0.3 is 8.83 Å². The zero-order valence-electron chi connectivity index (χ0n) is 29.0. The Morgan fingerprint density at radius 3 is 2.02 bits per heavy atom. The lowest BCUT2D eigenvalue weighted by molar-refractivity contribution is 0.668. The van der Waals surface area contributed by atoms with Crippen molar-refractivity contribution in [3.63, 3.8) is 0 Å². The lowest BCUT2D eigenvalue weighted by Gasteiger charge is -2.11. The molecule has 0 amide bonds. The van der Waals surface area contributed by atoms with Crippen LogP contribution in [-0.2, 0) is 0 Å². The molecule has 4 heteroatoms. The summed E-state index contributed by atoms with van der Waals surface area (Å²) in [5.74, 6) is 0.590. The van der Waals surface area contributed by atoms with Crippen LogP contribution in [0.3, 0.4) is 0 Å². The number of fused-ring (bicyclic) bond motifs is 9. The van der Waals surface area contributed by atoms with Crippen LogP contribution in [0, 0.1) is 0 Å². The Hall–Kier alpha value is -7.04. The molecule has 0 radical (unpaired) electrons. The Morgan fingerprint density at radius 2 is 1.13 bits per heavy atom.